The predicted molar refractivity (Wildman–Crippen MR) is 61.1 cm³/mol. The van der Waals surface area contributed by atoms with E-state index in [4.69, 9.17) is 9.84 Å². The number of ether oxygens (including phenoxy) is 1. The zero-order valence-corrected chi connectivity index (χ0v) is 10.8. The minimum Gasteiger partial charge on any atom is -0.481 e. The third kappa shape index (κ3) is 7.64. The van der Waals surface area contributed by atoms with E-state index in [1.165, 1.54) is 6.92 Å². The minimum atomic E-state index is -3.33. The van der Waals surface area contributed by atoms with Gasteiger partial charge in [0.1, 0.15) is 0 Å². The molecule has 0 aliphatic carbocycles. The number of carbonyl (C=O) groups is 1. The molecule has 0 saturated heterocycles. The third-order valence-electron chi connectivity index (χ3n) is 1.92. The Kier molecular flexibility index (Phi) is 6.59. The van der Waals surface area contributed by atoms with Crippen LogP contribution in [-0.2, 0) is 19.4 Å². The molecule has 0 rings (SSSR count). The summed E-state index contributed by atoms with van der Waals surface area (Å²) in [6.07, 6.45) is 0. The Balaban J connectivity index is 3.93. The van der Waals surface area contributed by atoms with Gasteiger partial charge in [0.25, 0.3) is 0 Å². The van der Waals surface area contributed by atoms with Crippen molar-refractivity contribution >= 4 is 15.8 Å². The molecule has 6 heteroatoms. The van der Waals surface area contributed by atoms with E-state index >= 15 is 0 Å². The van der Waals surface area contributed by atoms with E-state index in [0.717, 1.165) is 0 Å². The van der Waals surface area contributed by atoms with Crippen molar-refractivity contribution in [2.75, 3.05) is 24.7 Å². The van der Waals surface area contributed by atoms with Gasteiger partial charge in [0.15, 0.2) is 9.84 Å². The van der Waals surface area contributed by atoms with E-state index in [1.807, 2.05) is 13.8 Å². The highest BCUT2D eigenvalue weighted by Gasteiger charge is 2.20. The smallest absolute Gasteiger partial charge is 0.307 e. The van der Waals surface area contributed by atoms with Gasteiger partial charge in [-0.2, -0.15) is 0 Å². The van der Waals surface area contributed by atoms with Crippen LogP contribution in [0.15, 0.2) is 0 Å². The molecule has 0 fully saturated rings. The van der Waals surface area contributed by atoms with Gasteiger partial charge in [-0.1, -0.05) is 20.8 Å². The standard InChI is InChI=1S/C10H20O5S/c1-8(2)6-15-4-5-16(13,14)7-9(3)10(11)12/h8-9H,4-7H2,1-3H3,(H,11,12). The van der Waals surface area contributed by atoms with E-state index in [2.05, 4.69) is 0 Å². The van der Waals surface area contributed by atoms with Crippen LogP contribution >= 0.6 is 0 Å². The first-order chi connectivity index (χ1) is 7.24. The second kappa shape index (κ2) is 6.85. The number of hydrogen-bond acceptors (Lipinski definition) is 4. The Morgan fingerprint density at radius 2 is 1.88 bits per heavy atom. The normalized spacial score (nSPS) is 14.0. The van der Waals surface area contributed by atoms with E-state index in [-0.39, 0.29) is 18.1 Å². The molecule has 0 aromatic carbocycles. The lowest BCUT2D eigenvalue weighted by Crippen LogP contribution is -2.25. The van der Waals surface area contributed by atoms with Gasteiger partial charge in [0, 0.05) is 6.61 Å². The maximum absolute atomic E-state index is 11.4. The second-order valence-corrected chi connectivity index (χ2v) is 6.55. The maximum Gasteiger partial charge on any atom is 0.307 e. The van der Waals surface area contributed by atoms with Crippen molar-refractivity contribution in [3.8, 4) is 0 Å². The van der Waals surface area contributed by atoms with E-state index in [9.17, 15) is 13.2 Å². The summed E-state index contributed by atoms with van der Waals surface area (Å²) >= 11 is 0. The third-order valence-corrected chi connectivity index (χ3v) is 3.71. The second-order valence-electron chi connectivity index (χ2n) is 4.32. The molecule has 5 nitrogen and oxygen atoms in total. The molecule has 0 amide bonds. The van der Waals surface area contributed by atoms with Crippen LogP contribution in [0.3, 0.4) is 0 Å². The first kappa shape index (κ1) is 15.4. The van der Waals surface area contributed by atoms with Crippen molar-refractivity contribution in [1.29, 1.82) is 0 Å². The predicted octanol–water partition coefficient (Wildman–Crippen LogP) is 0.794. The van der Waals surface area contributed by atoms with Crippen LogP contribution in [0, 0.1) is 11.8 Å². The summed E-state index contributed by atoms with van der Waals surface area (Å²) in [5, 5.41) is 8.59. The number of rotatable bonds is 8. The SMILES string of the molecule is CC(C)COCCS(=O)(=O)CC(C)C(=O)O. The summed E-state index contributed by atoms with van der Waals surface area (Å²) in [6, 6.07) is 0. The summed E-state index contributed by atoms with van der Waals surface area (Å²) in [5.74, 6) is -2.03. The number of aliphatic carboxylic acids is 1. The van der Waals surface area contributed by atoms with Crippen LogP contribution in [0.5, 0.6) is 0 Å². The average molecular weight is 252 g/mol. The Morgan fingerprint density at radius 3 is 2.31 bits per heavy atom. The molecule has 0 bridgehead atoms. The van der Waals surface area contributed by atoms with E-state index < -0.39 is 21.7 Å². The Bertz CT molecular complexity index is 307. The maximum atomic E-state index is 11.4. The molecule has 1 atom stereocenters. The van der Waals surface area contributed by atoms with E-state index in [1.54, 1.807) is 0 Å². The topological polar surface area (TPSA) is 80.7 Å². The lowest BCUT2D eigenvalue weighted by atomic mass is 10.2. The number of sulfone groups is 1. The lowest BCUT2D eigenvalue weighted by molar-refractivity contribution is -0.140. The summed E-state index contributed by atoms with van der Waals surface area (Å²) < 4.78 is 28.0. The highest BCUT2D eigenvalue weighted by Crippen LogP contribution is 2.03. The zero-order chi connectivity index (χ0) is 12.8. The summed E-state index contributed by atoms with van der Waals surface area (Å²) in [4.78, 5) is 10.5. The van der Waals surface area contributed by atoms with Crippen molar-refractivity contribution in [3.63, 3.8) is 0 Å². The Labute approximate surface area is 96.7 Å². The summed E-state index contributed by atoms with van der Waals surface area (Å²) in [7, 11) is -3.33. The van der Waals surface area contributed by atoms with Crippen LogP contribution < -0.4 is 0 Å². The van der Waals surface area contributed by atoms with Crippen LogP contribution in [0.4, 0.5) is 0 Å². The molecule has 0 aliphatic heterocycles. The number of hydrogen-bond donors (Lipinski definition) is 1. The quantitative estimate of drug-likeness (QED) is 0.646. The fourth-order valence-corrected chi connectivity index (χ4v) is 2.48. The fraction of sp³-hybridized carbons (Fsp3) is 0.900. The first-order valence-electron chi connectivity index (χ1n) is 5.25. The number of carboxylic acids is 1. The van der Waals surface area contributed by atoms with Gasteiger partial charge < -0.3 is 9.84 Å². The molecule has 0 saturated carbocycles. The van der Waals surface area contributed by atoms with Crippen LogP contribution in [0.2, 0.25) is 0 Å². The zero-order valence-electron chi connectivity index (χ0n) is 9.97. The van der Waals surface area contributed by atoms with Gasteiger partial charge in [0.05, 0.1) is 24.0 Å². The van der Waals surface area contributed by atoms with Gasteiger partial charge >= 0.3 is 5.97 Å². The Hall–Kier alpha value is -0.620. The average Bonchev–Trinajstić information content (AvgIpc) is 2.11. The van der Waals surface area contributed by atoms with Crippen molar-refractivity contribution in [1.82, 2.24) is 0 Å². The minimum absolute atomic E-state index is 0.114. The molecule has 0 aliphatic rings. The molecule has 16 heavy (non-hydrogen) atoms. The molecule has 0 spiro atoms. The van der Waals surface area contributed by atoms with Gasteiger partial charge in [-0.3, -0.25) is 4.79 Å². The molecule has 0 aromatic heterocycles. The van der Waals surface area contributed by atoms with Crippen molar-refractivity contribution < 1.29 is 23.1 Å². The molecule has 1 unspecified atom stereocenters. The van der Waals surface area contributed by atoms with Crippen LogP contribution in [-0.4, -0.2) is 44.2 Å². The van der Waals surface area contributed by atoms with Gasteiger partial charge in [-0.05, 0) is 5.92 Å². The van der Waals surface area contributed by atoms with Gasteiger partial charge in [-0.15, -0.1) is 0 Å². The molecule has 0 aromatic rings. The highest BCUT2D eigenvalue weighted by molar-refractivity contribution is 7.91. The molecule has 1 N–H and O–H groups in total. The Morgan fingerprint density at radius 1 is 1.31 bits per heavy atom. The van der Waals surface area contributed by atoms with Gasteiger partial charge in [-0.25, -0.2) is 8.42 Å². The van der Waals surface area contributed by atoms with Crippen molar-refractivity contribution in [2.24, 2.45) is 11.8 Å². The number of carboxylic acid groups (broad SMARTS) is 1. The van der Waals surface area contributed by atoms with Crippen molar-refractivity contribution in [2.45, 2.75) is 20.8 Å². The highest BCUT2D eigenvalue weighted by atomic mass is 32.2. The lowest BCUT2D eigenvalue weighted by Gasteiger charge is -2.09. The largest absolute Gasteiger partial charge is 0.481 e. The van der Waals surface area contributed by atoms with Crippen LogP contribution in [0.25, 0.3) is 0 Å². The van der Waals surface area contributed by atoms with Crippen molar-refractivity contribution in [3.05, 3.63) is 0 Å². The fourth-order valence-electron chi connectivity index (χ4n) is 1.04. The van der Waals surface area contributed by atoms with E-state index in [0.29, 0.717) is 12.5 Å². The molecule has 96 valence electrons. The first-order valence-corrected chi connectivity index (χ1v) is 7.07. The van der Waals surface area contributed by atoms with Gasteiger partial charge in [0.2, 0.25) is 0 Å². The molecule has 0 heterocycles. The summed E-state index contributed by atoms with van der Waals surface area (Å²) in [5.41, 5.74) is 0. The molecule has 0 radical (unpaired) electrons. The monoisotopic (exact) mass is 252 g/mol. The molecular formula is C10H20O5S. The van der Waals surface area contributed by atoms with Crippen LogP contribution in [0.1, 0.15) is 20.8 Å². The molecular weight excluding hydrogens is 232 g/mol. The summed E-state index contributed by atoms with van der Waals surface area (Å²) in [6.45, 7) is 5.98.